The molecule has 4 heteroatoms. The summed E-state index contributed by atoms with van der Waals surface area (Å²) in [5, 5.41) is 9.37. The minimum Gasteiger partial charge on any atom is -0.508 e. The van der Waals surface area contributed by atoms with Crippen LogP contribution in [0.3, 0.4) is 0 Å². The second-order valence-electron chi connectivity index (χ2n) is 5.59. The molecule has 1 aliphatic heterocycles. The molecular weight excluding hydrogens is 276 g/mol. The van der Waals surface area contributed by atoms with Crippen molar-refractivity contribution in [2.24, 2.45) is 0 Å². The molecule has 22 heavy (non-hydrogen) atoms. The average molecular weight is 298 g/mol. The van der Waals surface area contributed by atoms with Gasteiger partial charge < -0.3 is 14.7 Å². The Morgan fingerprint density at radius 3 is 2.32 bits per heavy atom. The zero-order valence-corrected chi connectivity index (χ0v) is 12.9. The molecule has 1 heterocycles. The fourth-order valence-corrected chi connectivity index (χ4v) is 2.90. The van der Waals surface area contributed by atoms with Gasteiger partial charge >= 0.3 is 0 Å². The van der Waals surface area contributed by atoms with Crippen LogP contribution in [-0.2, 0) is 6.54 Å². The molecular formula is C18H22N2O2. The highest BCUT2D eigenvalue weighted by molar-refractivity contribution is 5.49. The molecule has 2 aromatic carbocycles. The number of methoxy groups -OCH3 is 1. The first-order chi connectivity index (χ1) is 10.8. The first-order valence-corrected chi connectivity index (χ1v) is 7.64. The van der Waals surface area contributed by atoms with E-state index in [0.29, 0.717) is 5.75 Å². The van der Waals surface area contributed by atoms with Crippen molar-refractivity contribution in [1.82, 2.24) is 4.90 Å². The number of hydrogen-bond acceptors (Lipinski definition) is 4. The van der Waals surface area contributed by atoms with Gasteiger partial charge in [0.2, 0.25) is 0 Å². The lowest BCUT2D eigenvalue weighted by Crippen LogP contribution is -2.45. The van der Waals surface area contributed by atoms with Gasteiger partial charge in [0.15, 0.2) is 0 Å². The Bertz CT molecular complexity index is 605. The Morgan fingerprint density at radius 2 is 1.64 bits per heavy atom. The van der Waals surface area contributed by atoms with Crippen molar-refractivity contribution in [3.63, 3.8) is 0 Å². The first-order valence-electron chi connectivity index (χ1n) is 7.64. The number of nitrogens with zero attached hydrogens (tertiary/aromatic N) is 2. The summed E-state index contributed by atoms with van der Waals surface area (Å²) in [6.45, 7) is 4.98. The number of aromatic hydroxyl groups is 1. The third-order valence-electron chi connectivity index (χ3n) is 4.17. The molecule has 1 aliphatic rings. The van der Waals surface area contributed by atoms with Crippen molar-refractivity contribution < 1.29 is 9.84 Å². The first kappa shape index (κ1) is 14.7. The molecule has 1 N–H and O–H groups in total. The fraction of sp³-hybridized carbons (Fsp3) is 0.333. The maximum absolute atomic E-state index is 9.37. The Labute approximate surface area is 131 Å². The number of ether oxygens (including phenoxy) is 1. The van der Waals surface area contributed by atoms with Gasteiger partial charge in [-0.3, -0.25) is 4.90 Å². The average Bonchev–Trinajstić information content (AvgIpc) is 2.57. The molecule has 0 aromatic heterocycles. The second-order valence-corrected chi connectivity index (χ2v) is 5.59. The maximum atomic E-state index is 9.37. The van der Waals surface area contributed by atoms with Crippen LogP contribution in [0.4, 0.5) is 5.69 Å². The summed E-state index contributed by atoms with van der Waals surface area (Å²) in [5.41, 5.74) is 2.41. The predicted molar refractivity (Wildman–Crippen MR) is 88.6 cm³/mol. The summed E-state index contributed by atoms with van der Waals surface area (Å²) in [6, 6.07) is 15.7. The molecule has 0 bridgehead atoms. The number of benzene rings is 2. The number of hydrogen-bond donors (Lipinski definition) is 1. The quantitative estimate of drug-likeness (QED) is 0.941. The number of rotatable bonds is 4. The van der Waals surface area contributed by atoms with Crippen molar-refractivity contribution in [3.8, 4) is 11.5 Å². The van der Waals surface area contributed by atoms with Gasteiger partial charge in [0, 0.05) is 44.0 Å². The Hall–Kier alpha value is -2.20. The molecule has 116 valence electrons. The smallest absolute Gasteiger partial charge is 0.123 e. The summed E-state index contributed by atoms with van der Waals surface area (Å²) < 4.78 is 5.43. The Kier molecular flexibility index (Phi) is 4.49. The molecule has 1 saturated heterocycles. The van der Waals surface area contributed by atoms with Crippen molar-refractivity contribution in [3.05, 3.63) is 54.1 Å². The van der Waals surface area contributed by atoms with Crippen LogP contribution in [-0.4, -0.2) is 43.3 Å². The molecule has 0 unspecified atom stereocenters. The molecule has 0 amide bonds. The van der Waals surface area contributed by atoms with E-state index in [1.54, 1.807) is 19.2 Å². The van der Waals surface area contributed by atoms with E-state index in [4.69, 9.17) is 4.74 Å². The van der Waals surface area contributed by atoms with Gasteiger partial charge in [-0.15, -0.1) is 0 Å². The summed E-state index contributed by atoms with van der Waals surface area (Å²) in [7, 11) is 1.72. The van der Waals surface area contributed by atoms with Gasteiger partial charge in [0.1, 0.15) is 11.5 Å². The van der Waals surface area contributed by atoms with E-state index in [1.807, 2.05) is 24.3 Å². The zero-order chi connectivity index (χ0) is 15.4. The number of phenolic OH excluding ortho intramolecular Hbond substituents is 1. The van der Waals surface area contributed by atoms with E-state index in [0.717, 1.165) is 38.5 Å². The highest BCUT2D eigenvalue weighted by atomic mass is 16.5. The van der Waals surface area contributed by atoms with Gasteiger partial charge in [-0.05, 0) is 30.3 Å². The number of phenols is 1. The van der Waals surface area contributed by atoms with Crippen molar-refractivity contribution in [2.45, 2.75) is 6.54 Å². The second kappa shape index (κ2) is 6.71. The predicted octanol–water partition coefficient (Wildman–Crippen LogP) is 2.72. The van der Waals surface area contributed by atoms with Gasteiger partial charge in [0.25, 0.3) is 0 Å². The molecule has 3 rings (SSSR count). The largest absolute Gasteiger partial charge is 0.508 e. The highest BCUT2D eigenvalue weighted by Gasteiger charge is 2.18. The van der Waals surface area contributed by atoms with E-state index in [-0.39, 0.29) is 0 Å². The zero-order valence-electron chi connectivity index (χ0n) is 12.9. The van der Waals surface area contributed by atoms with Crippen LogP contribution in [0.25, 0.3) is 0 Å². The summed E-state index contributed by atoms with van der Waals surface area (Å²) in [6.07, 6.45) is 0. The van der Waals surface area contributed by atoms with Crippen LogP contribution in [0, 0.1) is 0 Å². The standard InChI is InChI=1S/C18H22N2O2/c1-22-18-5-3-2-4-15(18)14-19-10-12-20(13-11-19)16-6-8-17(21)9-7-16/h2-9,21H,10-14H2,1H3. The molecule has 0 aliphatic carbocycles. The van der Waals surface area contributed by atoms with Crippen LogP contribution >= 0.6 is 0 Å². The van der Waals surface area contributed by atoms with E-state index in [2.05, 4.69) is 21.9 Å². The minimum atomic E-state index is 0.318. The van der Waals surface area contributed by atoms with Gasteiger partial charge in [-0.25, -0.2) is 0 Å². The molecule has 2 aromatic rings. The van der Waals surface area contributed by atoms with Crippen molar-refractivity contribution >= 4 is 5.69 Å². The molecule has 0 saturated carbocycles. The number of piperazine rings is 1. The van der Waals surface area contributed by atoms with Crippen molar-refractivity contribution in [2.75, 3.05) is 38.2 Å². The monoisotopic (exact) mass is 298 g/mol. The SMILES string of the molecule is COc1ccccc1CN1CCN(c2ccc(O)cc2)CC1. The van der Waals surface area contributed by atoms with Gasteiger partial charge in [0.05, 0.1) is 7.11 Å². The Morgan fingerprint density at radius 1 is 0.955 bits per heavy atom. The Balaban J connectivity index is 1.59. The number of para-hydroxylation sites is 1. The lowest BCUT2D eigenvalue weighted by molar-refractivity contribution is 0.246. The van der Waals surface area contributed by atoms with Crippen LogP contribution < -0.4 is 9.64 Å². The molecule has 0 atom stereocenters. The lowest BCUT2D eigenvalue weighted by atomic mass is 10.1. The lowest BCUT2D eigenvalue weighted by Gasteiger charge is -2.36. The third-order valence-corrected chi connectivity index (χ3v) is 4.17. The third kappa shape index (κ3) is 3.34. The number of anilines is 1. The minimum absolute atomic E-state index is 0.318. The maximum Gasteiger partial charge on any atom is 0.123 e. The van der Waals surface area contributed by atoms with Crippen LogP contribution in [0.1, 0.15) is 5.56 Å². The van der Waals surface area contributed by atoms with Crippen LogP contribution in [0.5, 0.6) is 11.5 Å². The summed E-state index contributed by atoms with van der Waals surface area (Å²) in [5.74, 6) is 1.28. The van der Waals surface area contributed by atoms with Crippen molar-refractivity contribution in [1.29, 1.82) is 0 Å². The van der Waals surface area contributed by atoms with Crippen LogP contribution in [0.2, 0.25) is 0 Å². The molecule has 4 nitrogen and oxygen atoms in total. The molecule has 0 radical (unpaired) electrons. The fourth-order valence-electron chi connectivity index (χ4n) is 2.90. The summed E-state index contributed by atoms with van der Waals surface area (Å²) in [4.78, 5) is 4.81. The van der Waals surface area contributed by atoms with Gasteiger partial charge in [-0.2, -0.15) is 0 Å². The van der Waals surface area contributed by atoms with E-state index >= 15 is 0 Å². The van der Waals surface area contributed by atoms with Gasteiger partial charge in [-0.1, -0.05) is 18.2 Å². The molecule has 0 spiro atoms. The van der Waals surface area contributed by atoms with Crippen LogP contribution in [0.15, 0.2) is 48.5 Å². The van der Waals surface area contributed by atoms with E-state index in [9.17, 15) is 5.11 Å². The normalized spacial score (nSPS) is 15.8. The van der Waals surface area contributed by atoms with E-state index < -0.39 is 0 Å². The molecule has 1 fully saturated rings. The summed E-state index contributed by atoms with van der Waals surface area (Å²) >= 11 is 0. The highest BCUT2D eigenvalue weighted by Crippen LogP contribution is 2.22. The van der Waals surface area contributed by atoms with E-state index in [1.165, 1.54) is 11.3 Å². The topological polar surface area (TPSA) is 35.9 Å².